The Morgan fingerprint density at radius 2 is 2.04 bits per heavy atom. The first kappa shape index (κ1) is 17.9. The Labute approximate surface area is 154 Å². The number of alkyl halides is 2. The maximum absolute atomic E-state index is 14.7. The van der Waals surface area contributed by atoms with E-state index in [0.29, 0.717) is 37.1 Å². The molecule has 0 bridgehead atoms. The molecule has 7 heteroatoms. The smallest absolute Gasteiger partial charge is 0.387 e. The Hall–Kier alpha value is -2.54. The highest BCUT2D eigenvalue weighted by Crippen LogP contribution is 2.51. The third-order valence-corrected chi connectivity index (χ3v) is 5.13. The van der Waals surface area contributed by atoms with Crippen LogP contribution in [-0.4, -0.2) is 19.1 Å². The van der Waals surface area contributed by atoms with Crippen LogP contribution in [0.4, 0.5) is 18.9 Å². The molecule has 2 aromatic rings. The third-order valence-electron chi connectivity index (χ3n) is 5.13. The van der Waals surface area contributed by atoms with Gasteiger partial charge >= 0.3 is 6.61 Å². The lowest BCUT2D eigenvalue weighted by Gasteiger charge is -2.19. The molecule has 2 aromatic carbocycles. The zero-order valence-electron chi connectivity index (χ0n) is 14.5. The average molecular weight is 376 g/mol. The number of rotatable bonds is 5. The monoisotopic (exact) mass is 376 g/mol. The second kappa shape index (κ2) is 7.23. The fourth-order valence-corrected chi connectivity index (χ4v) is 3.67. The van der Waals surface area contributed by atoms with E-state index in [-0.39, 0.29) is 35.0 Å². The summed E-state index contributed by atoms with van der Waals surface area (Å²) in [5, 5.41) is 5.84. The molecule has 2 N–H and O–H groups in total. The van der Waals surface area contributed by atoms with Crippen molar-refractivity contribution in [3.63, 3.8) is 0 Å². The van der Waals surface area contributed by atoms with Crippen molar-refractivity contribution >= 4 is 11.6 Å². The summed E-state index contributed by atoms with van der Waals surface area (Å²) < 4.78 is 44.3. The highest BCUT2D eigenvalue weighted by Gasteiger charge is 2.45. The first-order valence-corrected chi connectivity index (χ1v) is 8.90. The van der Waals surface area contributed by atoms with E-state index in [1.165, 1.54) is 6.07 Å². The lowest BCUT2D eigenvalue weighted by molar-refractivity contribution is -0.117. The van der Waals surface area contributed by atoms with Gasteiger partial charge in [0.15, 0.2) is 0 Å². The lowest BCUT2D eigenvalue weighted by Crippen LogP contribution is -2.25. The van der Waals surface area contributed by atoms with Gasteiger partial charge in [0.1, 0.15) is 11.6 Å². The van der Waals surface area contributed by atoms with Crippen LogP contribution in [0.3, 0.4) is 0 Å². The number of para-hydroxylation sites is 1. The second-order valence-electron chi connectivity index (χ2n) is 6.85. The van der Waals surface area contributed by atoms with E-state index in [2.05, 4.69) is 15.4 Å². The van der Waals surface area contributed by atoms with Crippen LogP contribution in [-0.2, 0) is 17.8 Å². The van der Waals surface area contributed by atoms with Crippen molar-refractivity contribution in [2.75, 3.05) is 11.9 Å². The molecule has 1 aliphatic carbocycles. The quantitative estimate of drug-likeness (QED) is 0.834. The summed E-state index contributed by atoms with van der Waals surface area (Å²) in [5.74, 6) is -1.20. The molecule has 1 amide bonds. The van der Waals surface area contributed by atoms with Gasteiger partial charge in [-0.25, -0.2) is 4.39 Å². The van der Waals surface area contributed by atoms with Crippen molar-refractivity contribution < 1.29 is 22.7 Å². The standard InChI is InChI=1S/C20H19F3N2O2/c21-18-12-7-8-24-10-11(12)5-6-16(18)25-19(26)15-9-14(15)13-3-1-2-4-17(13)27-20(22)23/h1-6,14-15,20,24H,7-10H2,(H,25,26). The normalized spacial score (nSPS) is 20.9. The van der Waals surface area contributed by atoms with E-state index in [4.69, 9.17) is 0 Å². The van der Waals surface area contributed by atoms with Crippen molar-refractivity contribution in [3.05, 3.63) is 58.9 Å². The molecule has 1 heterocycles. The van der Waals surface area contributed by atoms with Gasteiger partial charge in [0.2, 0.25) is 5.91 Å². The highest BCUT2D eigenvalue weighted by atomic mass is 19.3. The van der Waals surface area contributed by atoms with E-state index in [0.717, 1.165) is 5.56 Å². The van der Waals surface area contributed by atoms with Gasteiger partial charge in [-0.15, -0.1) is 0 Å². The fraction of sp³-hybridized carbons (Fsp3) is 0.350. The fourth-order valence-electron chi connectivity index (χ4n) is 3.67. The van der Waals surface area contributed by atoms with Crippen LogP contribution in [0.1, 0.15) is 29.0 Å². The van der Waals surface area contributed by atoms with E-state index in [1.54, 1.807) is 24.3 Å². The molecule has 1 fully saturated rings. The average Bonchev–Trinajstić information content (AvgIpc) is 3.45. The number of ether oxygens (including phenoxy) is 1. The van der Waals surface area contributed by atoms with Crippen molar-refractivity contribution in [2.45, 2.75) is 31.9 Å². The summed E-state index contributed by atoms with van der Waals surface area (Å²) in [7, 11) is 0. The van der Waals surface area contributed by atoms with E-state index >= 15 is 0 Å². The minimum Gasteiger partial charge on any atom is -0.435 e. The third kappa shape index (κ3) is 3.64. The van der Waals surface area contributed by atoms with Crippen LogP contribution in [0.5, 0.6) is 5.75 Å². The Balaban J connectivity index is 1.47. The maximum atomic E-state index is 14.7. The van der Waals surface area contributed by atoms with Crippen LogP contribution in [0.15, 0.2) is 36.4 Å². The molecule has 0 radical (unpaired) electrons. The van der Waals surface area contributed by atoms with Crippen molar-refractivity contribution in [1.29, 1.82) is 0 Å². The zero-order chi connectivity index (χ0) is 19.0. The molecule has 27 heavy (non-hydrogen) atoms. The zero-order valence-corrected chi connectivity index (χ0v) is 14.5. The first-order chi connectivity index (χ1) is 13.0. The van der Waals surface area contributed by atoms with Crippen molar-refractivity contribution in [1.82, 2.24) is 5.32 Å². The van der Waals surface area contributed by atoms with Crippen molar-refractivity contribution in [2.24, 2.45) is 5.92 Å². The number of benzene rings is 2. The van der Waals surface area contributed by atoms with Gasteiger partial charge in [-0.1, -0.05) is 24.3 Å². The molecule has 0 spiro atoms. The first-order valence-electron chi connectivity index (χ1n) is 8.90. The van der Waals surface area contributed by atoms with Gasteiger partial charge in [0.25, 0.3) is 0 Å². The summed E-state index contributed by atoms with van der Waals surface area (Å²) in [6.07, 6.45) is 1.10. The van der Waals surface area contributed by atoms with Crippen molar-refractivity contribution in [3.8, 4) is 5.75 Å². The molecular weight excluding hydrogens is 357 g/mol. The SMILES string of the molecule is O=C(Nc1ccc2c(c1F)CCNC2)C1CC1c1ccccc1OC(F)F. The van der Waals surface area contributed by atoms with Gasteiger partial charge in [-0.2, -0.15) is 8.78 Å². The molecule has 4 nitrogen and oxygen atoms in total. The summed E-state index contributed by atoms with van der Waals surface area (Å²) in [6, 6.07) is 9.86. The molecular formula is C20H19F3N2O2. The number of fused-ring (bicyclic) bond motifs is 1. The van der Waals surface area contributed by atoms with Crippen LogP contribution < -0.4 is 15.4 Å². The van der Waals surface area contributed by atoms with Crippen LogP contribution in [0, 0.1) is 11.7 Å². The lowest BCUT2D eigenvalue weighted by atomic mass is 9.99. The number of hydrogen-bond donors (Lipinski definition) is 2. The van der Waals surface area contributed by atoms with E-state index in [1.807, 2.05) is 6.07 Å². The number of anilines is 1. The molecule has 1 aliphatic heterocycles. The Bertz CT molecular complexity index is 872. The van der Waals surface area contributed by atoms with Gasteiger partial charge < -0.3 is 15.4 Å². The van der Waals surface area contributed by atoms with E-state index < -0.39 is 6.61 Å². The largest absolute Gasteiger partial charge is 0.435 e. The minimum absolute atomic E-state index is 0.0836. The topological polar surface area (TPSA) is 50.4 Å². The number of halogens is 3. The number of amides is 1. The van der Waals surface area contributed by atoms with Crippen LogP contribution in [0.2, 0.25) is 0 Å². The summed E-state index contributed by atoms with van der Waals surface area (Å²) >= 11 is 0. The predicted octanol–water partition coefficient (Wildman–Crippen LogP) is 3.82. The number of hydrogen-bond acceptors (Lipinski definition) is 3. The molecule has 142 valence electrons. The molecule has 0 saturated heterocycles. The molecule has 1 saturated carbocycles. The number of nitrogens with one attached hydrogen (secondary N) is 2. The minimum atomic E-state index is -2.92. The Morgan fingerprint density at radius 1 is 1.22 bits per heavy atom. The van der Waals surface area contributed by atoms with Crippen LogP contribution >= 0.6 is 0 Å². The molecule has 2 unspecified atom stereocenters. The molecule has 0 aromatic heterocycles. The van der Waals surface area contributed by atoms with Gasteiger partial charge in [0.05, 0.1) is 5.69 Å². The summed E-state index contributed by atoms with van der Waals surface area (Å²) in [5.41, 5.74) is 2.28. The number of carbonyl (C=O) groups is 1. The van der Waals surface area contributed by atoms with Gasteiger partial charge in [0, 0.05) is 12.5 Å². The molecule has 2 atom stereocenters. The predicted molar refractivity (Wildman–Crippen MR) is 94.4 cm³/mol. The molecule has 2 aliphatic rings. The highest BCUT2D eigenvalue weighted by molar-refractivity contribution is 5.95. The van der Waals surface area contributed by atoms with Gasteiger partial charge in [-0.05, 0) is 54.1 Å². The second-order valence-corrected chi connectivity index (χ2v) is 6.85. The molecule has 4 rings (SSSR count). The van der Waals surface area contributed by atoms with E-state index in [9.17, 15) is 18.0 Å². The van der Waals surface area contributed by atoms with Gasteiger partial charge in [-0.3, -0.25) is 4.79 Å². The summed E-state index contributed by atoms with van der Waals surface area (Å²) in [6.45, 7) is -1.60. The number of carbonyl (C=O) groups excluding carboxylic acids is 1. The van der Waals surface area contributed by atoms with Crippen LogP contribution in [0.25, 0.3) is 0 Å². The Morgan fingerprint density at radius 3 is 2.85 bits per heavy atom. The summed E-state index contributed by atoms with van der Waals surface area (Å²) in [4.78, 5) is 12.5. The maximum Gasteiger partial charge on any atom is 0.387 e. The Kier molecular flexibility index (Phi) is 4.78.